The molecule has 0 aliphatic heterocycles. The van der Waals surface area contributed by atoms with Crippen molar-refractivity contribution < 1.29 is 19.1 Å². The van der Waals surface area contributed by atoms with E-state index in [0.29, 0.717) is 24.5 Å². The summed E-state index contributed by atoms with van der Waals surface area (Å²) in [5.74, 6) is 0.604. The zero-order valence-electron chi connectivity index (χ0n) is 18.6. The molecule has 0 aromatic heterocycles. The second kappa shape index (κ2) is 13.3. The molecule has 7 heteroatoms. The second-order valence-electron chi connectivity index (χ2n) is 7.14. The van der Waals surface area contributed by atoms with E-state index in [-0.39, 0.29) is 18.4 Å². The third-order valence-electron chi connectivity index (χ3n) is 4.55. The Balaban J connectivity index is 1.82. The summed E-state index contributed by atoms with van der Waals surface area (Å²) in [7, 11) is 1.62. The number of rotatable bonds is 13. The van der Waals surface area contributed by atoms with E-state index >= 15 is 0 Å². The van der Waals surface area contributed by atoms with Crippen LogP contribution in [0.5, 0.6) is 5.75 Å². The minimum Gasteiger partial charge on any atom is -0.491 e. The summed E-state index contributed by atoms with van der Waals surface area (Å²) < 4.78 is 10.4. The molecule has 0 spiro atoms. The smallest absolute Gasteiger partial charge is 0.253 e. The Labute approximate surface area is 184 Å². The lowest BCUT2D eigenvalue weighted by Gasteiger charge is -2.21. The van der Waals surface area contributed by atoms with Gasteiger partial charge in [-0.15, -0.1) is 0 Å². The molecule has 0 atom stereocenters. The maximum absolute atomic E-state index is 12.6. The molecule has 0 saturated heterocycles. The minimum atomic E-state index is -0.162. The van der Waals surface area contributed by atoms with Crippen LogP contribution < -0.4 is 15.4 Å². The van der Waals surface area contributed by atoms with Gasteiger partial charge in [0.25, 0.3) is 5.91 Å². The van der Waals surface area contributed by atoms with E-state index in [1.165, 1.54) is 0 Å². The van der Waals surface area contributed by atoms with E-state index in [2.05, 4.69) is 24.5 Å². The zero-order chi connectivity index (χ0) is 22.5. The fourth-order valence-electron chi connectivity index (χ4n) is 3.03. The summed E-state index contributed by atoms with van der Waals surface area (Å²) in [5.41, 5.74) is 2.13. The van der Waals surface area contributed by atoms with Crippen molar-refractivity contribution in [1.82, 2.24) is 4.90 Å². The normalized spacial score (nSPS) is 10.4. The Morgan fingerprint density at radius 1 is 0.871 bits per heavy atom. The first-order valence-corrected chi connectivity index (χ1v) is 10.7. The van der Waals surface area contributed by atoms with Crippen molar-refractivity contribution in [2.45, 2.75) is 26.7 Å². The number of nitrogens with zero attached hydrogens (tertiary/aromatic N) is 1. The van der Waals surface area contributed by atoms with Crippen molar-refractivity contribution in [2.24, 2.45) is 0 Å². The van der Waals surface area contributed by atoms with Crippen molar-refractivity contribution >= 4 is 23.2 Å². The van der Waals surface area contributed by atoms with Crippen LogP contribution in [0.1, 0.15) is 37.0 Å². The lowest BCUT2D eigenvalue weighted by Crippen LogP contribution is -2.32. The van der Waals surface area contributed by atoms with Gasteiger partial charge in [0, 0.05) is 37.1 Å². The molecule has 0 heterocycles. The lowest BCUT2D eigenvalue weighted by atomic mass is 10.1. The Hall–Kier alpha value is -3.06. The predicted octanol–water partition coefficient (Wildman–Crippen LogP) is 4.02. The molecule has 0 fully saturated rings. The van der Waals surface area contributed by atoms with Crippen LogP contribution >= 0.6 is 0 Å². The van der Waals surface area contributed by atoms with Gasteiger partial charge in [-0.25, -0.2) is 0 Å². The summed E-state index contributed by atoms with van der Waals surface area (Å²) >= 11 is 0. The number of methoxy groups -OCH3 is 1. The molecule has 0 aliphatic carbocycles. The summed E-state index contributed by atoms with van der Waals surface area (Å²) in [4.78, 5) is 26.7. The van der Waals surface area contributed by atoms with Crippen LogP contribution in [0, 0.1) is 0 Å². The Kier molecular flexibility index (Phi) is 10.4. The van der Waals surface area contributed by atoms with Gasteiger partial charge in [-0.3, -0.25) is 9.59 Å². The molecule has 0 radical (unpaired) electrons. The Morgan fingerprint density at radius 2 is 1.48 bits per heavy atom. The van der Waals surface area contributed by atoms with Crippen molar-refractivity contribution in [3.8, 4) is 5.75 Å². The van der Waals surface area contributed by atoms with Gasteiger partial charge in [-0.05, 0) is 61.4 Å². The third kappa shape index (κ3) is 8.30. The van der Waals surface area contributed by atoms with Crippen molar-refractivity contribution in [3.05, 3.63) is 54.1 Å². The van der Waals surface area contributed by atoms with E-state index < -0.39 is 0 Å². The van der Waals surface area contributed by atoms with Gasteiger partial charge >= 0.3 is 0 Å². The molecule has 168 valence electrons. The number of benzene rings is 2. The molecule has 2 aromatic rings. The number of anilines is 2. The number of carbonyl (C=O) groups is 2. The Morgan fingerprint density at radius 3 is 2.06 bits per heavy atom. The topological polar surface area (TPSA) is 79.9 Å². The van der Waals surface area contributed by atoms with E-state index in [9.17, 15) is 9.59 Å². The van der Waals surface area contributed by atoms with Crippen LogP contribution in [0.3, 0.4) is 0 Å². The van der Waals surface area contributed by atoms with Gasteiger partial charge < -0.3 is 25.0 Å². The molecule has 0 unspecified atom stereocenters. The first-order valence-electron chi connectivity index (χ1n) is 10.7. The highest BCUT2D eigenvalue weighted by molar-refractivity contribution is 5.95. The molecule has 2 N–H and O–H groups in total. The lowest BCUT2D eigenvalue weighted by molar-refractivity contribution is -0.114. The van der Waals surface area contributed by atoms with Crippen molar-refractivity contribution in [1.29, 1.82) is 0 Å². The predicted molar refractivity (Wildman–Crippen MR) is 124 cm³/mol. The monoisotopic (exact) mass is 427 g/mol. The molecular weight excluding hydrogens is 394 g/mol. The molecule has 2 aromatic carbocycles. The van der Waals surface area contributed by atoms with Gasteiger partial charge in [0.1, 0.15) is 12.4 Å². The average Bonchev–Trinajstić information content (AvgIpc) is 2.79. The summed E-state index contributed by atoms with van der Waals surface area (Å²) in [6.07, 6.45) is 1.87. The quantitative estimate of drug-likeness (QED) is 0.472. The van der Waals surface area contributed by atoms with Gasteiger partial charge in [-0.2, -0.15) is 0 Å². The maximum Gasteiger partial charge on any atom is 0.253 e. The van der Waals surface area contributed by atoms with Gasteiger partial charge in [0.05, 0.1) is 13.2 Å². The fourth-order valence-corrected chi connectivity index (χ4v) is 3.03. The van der Waals surface area contributed by atoms with Crippen LogP contribution in [0.25, 0.3) is 0 Å². The fraction of sp³-hybridized carbons (Fsp3) is 0.417. The largest absolute Gasteiger partial charge is 0.491 e. The number of hydrogen-bond donors (Lipinski definition) is 2. The number of ether oxygens (including phenoxy) is 2. The van der Waals surface area contributed by atoms with E-state index in [1.807, 2.05) is 17.0 Å². The van der Waals surface area contributed by atoms with Crippen LogP contribution in [-0.4, -0.2) is 56.7 Å². The number of nitrogens with one attached hydrogen (secondary N) is 2. The number of carbonyl (C=O) groups excluding carboxylic acids is 2. The highest BCUT2D eigenvalue weighted by Gasteiger charge is 2.14. The Bertz CT molecular complexity index is 801. The van der Waals surface area contributed by atoms with Crippen molar-refractivity contribution in [3.63, 3.8) is 0 Å². The van der Waals surface area contributed by atoms with E-state index in [4.69, 9.17) is 9.47 Å². The van der Waals surface area contributed by atoms with Crippen LogP contribution in [0.2, 0.25) is 0 Å². The molecule has 0 aliphatic rings. The number of amides is 2. The SMILES string of the molecule is CCCN(CCC)C(=O)c1ccc(NCC(=O)Nc2ccc(OCCOC)cc2)cc1. The van der Waals surface area contributed by atoms with Crippen LogP contribution in [-0.2, 0) is 9.53 Å². The highest BCUT2D eigenvalue weighted by Crippen LogP contribution is 2.16. The number of hydrogen-bond acceptors (Lipinski definition) is 5. The third-order valence-corrected chi connectivity index (χ3v) is 4.55. The van der Waals surface area contributed by atoms with Gasteiger partial charge in [0.2, 0.25) is 5.91 Å². The molecule has 2 amide bonds. The summed E-state index contributed by atoms with van der Waals surface area (Å²) in [6, 6.07) is 14.4. The molecule has 7 nitrogen and oxygen atoms in total. The molecular formula is C24H33N3O4. The van der Waals surface area contributed by atoms with E-state index in [0.717, 1.165) is 37.4 Å². The standard InChI is InChI=1S/C24H33N3O4/c1-4-14-27(15-5-2)24(29)19-6-8-20(9-7-19)25-18-23(28)26-21-10-12-22(13-11-21)31-17-16-30-3/h6-13,25H,4-5,14-18H2,1-3H3,(H,26,28). The zero-order valence-corrected chi connectivity index (χ0v) is 18.6. The summed E-state index contributed by atoms with van der Waals surface area (Å²) in [6.45, 7) is 6.77. The van der Waals surface area contributed by atoms with E-state index in [1.54, 1.807) is 43.5 Å². The van der Waals surface area contributed by atoms with Gasteiger partial charge in [0.15, 0.2) is 0 Å². The minimum absolute atomic E-state index is 0.0441. The highest BCUT2D eigenvalue weighted by atomic mass is 16.5. The van der Waals surface area contributed by atoms with Crippen LogP contribution in [0.15, 0.2) is 48.5 Å². The first kappa shape index (κ1) is 24.2. The van der Waals surface area contributed by atoms with Crippen molar-refractivity contribution in [2.75, 3.05) is 50.6 Å². The second-order valence-corrected chi connectivity index (χ2v) is 7.14. The molecule has 31 heavy (non-hydrogen) atoms. The first-order chi connectivity index (χ1) is 15.1. The summed E-state index contributed by atoms with van der Waals surface area (Å²) in [5, 5.41) is 5.92. The maximum atomic E-state index is 12.6. The molecule has 0 bridgehead atoms. The molecule has 2 rings (SSSR count). The van der Waals surface area contributed by atoms with Crippen LogP contribution in [0.4, 0.5) is 11.4 Å². The average molecular weight is 428 g/mol. The molecule has 0 saturated carbocycles. The van der Waals surface area contributed by atoms with Gasteiger partial charge in [-0.1, -0.05) is 13.8 Å².